The molecule has 1 fully saturated rings. The molecule has 0 unspecified atom stereocenters. The van der Waals surface area contributed by atoms with E-state index < -0.39 is 15.4 Å². The molecule has 7 heteroatoms. The molecule has 0 radical (unpaired) electrons. The number of amides is 1. The molecular weight excluding hydrogens is 362 g/mol. The Labute approximate surface area is 157 Å². The minimum absolute atomic E-state index is 0.1000. The number of nitrogens with zero attached hydrogens (tertiary/aromatic N) is 3. The zero-order valence-corrected chi connectivity index (χ0v) is 15.7. The van der Waals surface area contributed by atoms with Crippen LogP contribution in [0.1, 0.15) is 31.2 Å². The van der Waals surface area contributed by atoms with E-state index in [1.54, 1.807) is 60.7 Å². The lowest BCUT2D eigenvalue weighted by molar-refractivity contribution is -0.122. The van der Waals surface area contributed by atoms with E-state index in [9.17, 15) is 13.2 Å². The molecular formula is C20H19N3O3S. The molecule has 1 saturated carbocycles. The van der Waals surface area contributed by atoms with Crippen molar-refractivity contribution in [2.24, 2.45) is 0 Å². The molecule has 27 heavy (non-hydrogen) atoms. The molecule has 1 spiro atoms. The predicted molar refractivity (Wildman–Crippen MR) is 102 cm³/mol. The standard InChI is InChI=1S/C20H19N3O3S/c1-22-16-13-21-18-15(17(16)20(19(22)24)10-5-6-11-20)9-12-23(18)27(25,26)14-7-3-2-4-8-14/h2-4,7-9,12-13H,5-6,10-11H2,1H3. The van der Waals surface area contributed by atoms with E-state index >= 15 is 0 Å². The number of benzene rings is 1. The summed E-state index contributed by atoms with van der Waals surface area (Å²) >= 11 is 0. The average molecular weight is 381 g/mol. The first-order valence-electron chi connectivity index (χ1n) is 9.06. The van der Waals surface area contributed by atoms with Crippen LogP contribution in [0.3, 0.4) is 0 Å². The van der Waals surface area contributed by atoms with Crippen LogP contribution in [0.25, 0.3) is 11.0 Å². The summed E-state index contributed by atoms with van der Waals surface area (Å²) in [4.78, 5) is 19.4. The summed E-state index contributed by atoms with van der Waals surface area (Å²) in [6.07, 6.45) is 6.81. The number of carbonyl (C=O) groups excluding carboxylic acids is 1. The van der Waals surface area contributed by atoms with Gasteiger partial charge in [-0.2, -0.15) is 0 Å². The molecule has 1 aliphatic carbocycles. The van der Waals surface area contributed by atoms with Crippen LogP contribution in [0.2, 0.25) is 0 Å². The molecule has 1 aromatic carbocycles. The first-order chi connectivity index (χ1) is 13.0. The van der Waals surface area contributed by atoms with Crippen LogP contribution < -0.4 is 4.90 Å². The first kappa shape index (κ1) is 16.5. The zero-order chi connectivity index (χ0) is 18.8. The molecule has 0 atom stereocenters. The van der Waals surface area contributed by atoms with Crippen molar-refractivity contribution in [2.45, 2.75) is 36.0 Å². The van der Waals surface area contributed by atoms with E-state index in [4.69, 9.17) is 0 Å². The molecule has 0 bridgehead atoms. The number of anilines is 1. The van der Waals surface area contributed by atoms with Gasteiger partial charge in [-0.05, 0) is 31.0 Å². The smallest absolute Gasteiger partial charge is 0.269 e. The van der Waals surface area contributed by atoms with Gasteiger partial charge in [0.1, 0.15) is 0 Å². The van der Waals surface area contributed by atoms with Gasteiger partial charge in [-0.1, -0.05) is 31.0 Å². The van der Waals surface area contributed by atoms with E-state index in [0.717, 1.165) is 42.3 Å². The summed E-state index contributed by atoms with van der Waals surface area (Å²) in [7, 11) is -1.97. The Kier molecular flexibility index (Phi) is 3.31. The molecule has 6 nitrogen and oxygen atoms in total. The topological polar surface area (TPSA) is 72.3 Å². The minimum atomic E-state index is -3.75. The van der Waals surface area contributed by atoms with Crippen molar-refractivity contribution in [3.63, 3.8) is 0 Å². The van der Waals surface area contributed by atoms with Gasteiger partial charge >= 0.3 is 0 Å². The van der Waals surface area contributed by atoms with Crippen LogP contribution in [-0.4, -0.2) is 30.3 Å². The Hall–Kier alpha value is -2.67. The Morgan fingerprint density at radius 3 is 2.48 bits per heavy atom. The highest BCUT2D eigenvalue weighted by molar-refractivity contribution is 7.90. The lowest BCUT2D eigenvalue weighted by Crippen LogP contribution is -2.36. The number of carbonyl (C=O) groups is 1. The zero-order valence-electron chi connectivity index (χ0n) is 14.9. The summed E-state index contributed by atoms with van der Waals surface area (Å²) in [6.45, 7) is 0. The summed E-state index contributed by atoms with van der Waals surface area (Å²) < 4.78 is 27.4. The van der Waals surface area contributed by atoms with Gasteiger partial charge in [0.05, 0.1) is 22.2 Å². The SMILES string of the molecule is CN1C(=O)C2(CCCC2)c2c1cnc1c2ccn1S(=O)(=O)c1ccccc1. The number of aromatic nitrogens is 2. The second-order valence-corrected chi connectivity index (χ2v) is 9.15. The molecule has 1 aliphatic heterocycles. The second-order valence-electron chi connectivity index (χ2n) is 7.34. The van der Waals surface area contributed by atoms with E-state index in [2.05, 4.69) is 4.98 Å². The van der Waals surface area contributed by atoms with Crippen molar-refractivity contribution in [3.8, 4) is 0 Å². The van der Waals surface area contributed by atoms with Crippen molar-refractivity contribution in [2.75, 3.05) is 11.9 Å². The lowest BCUT2D eigenvalue weighted by atomic mass is 9.79. The molecule has 0 saturated heterocycles. The Bertz CT molecular complexity index is 1180. The molecule has 138 valence electrons. The van der Waals surface area contributed by atoms with Crippen molar-refractivity contribution in [1.82, 2.24) is 8.96 Å². The third kappa shape index (κ3) is 2.03. The van der Waals surface area contributed by atoms with E-state index in [-0.39, 0.29) is 10.8 Å². The third-order valence-corrected chi connectivity index (χ3v) is 7.65. The number of likely N-dealkylation sites (N-methyl/N-ethyl adjacent to an activating group) is 1. The molecule has 2 aromatic heterocycles. The quantitative estimate of drug-likeness (QED) is 0.684. The van der Waals surface area contributed by atoms with Gasteiger partial charge in [-0.3, -0.25) is 4.79 Å². The van der Waals surface area contributed by atoms with Crippen LogP contribution in [0.4, 0.5) is 5.69 Å². The highest BCUT2D eigenvalue weighted by atomic mass is 32.2. The number of fused-ring (bicyclic) bond motifs is 4. The third-order valence-electron chi connectivity index (χ3n) is 5.97. The van der Waals surface area contributed by atoms with Crippen LogP contribution in [-0.2, 0) is 20.2 Å². The normalized spacial score (nSPS) is 18.6. The van der Waals surface area contributed by atoms with Gasteiger partial charge in [-0.25, -0.2) is 17.4 Å². The largest absolute Gasteiger partial charge is 0.313 e. The van der Waals surface area contributed by atoms with Crippen molar-refractivity contribution in [1.29, 1.82) is 0 Å². The average Bonchev–Trinajstić information content (AvgIpc) is 3.38. The Morgan fingerprint density at radius 1 is 1.07 bits per heavy atom. The minimum Gasteiger partial charge on any atom is -0.313 e. The summed E-state index contributed by atoms with van der Waals surface area (Å²) in [6, 6.07) is 10.1. The van der Waals surface area contributed by atoms with Crippen molar-refractivity contribution < 1.29 is 13.2 Å². The molecule has 5 rings (SSSR count). The summed E-state index contributed by atoms with van der Waals surface area (Å²) in [5.41, 5.74) is 1.59. The maximum atomic E-state index is 13.1. The molecule has 2 aliphatic rings. The maximum absolute atomic E-state index is 13.1. The molecule has 1 amide bonds. The van der Waals surface area contributed by atoms with Gasteiger partial charge in [0.25, 0.3) is 10.0 Å². The Morgan fingerprint density at radius 2 is 1.78 bits per heavy atom. The van der Waals surface area contributed by atoms with Gasteiger partial charge in [0.15, 0.2) is 5.65 Å². The Balaban J connectivity index is 1.78. The highest BCUT2D eigenvalue weighted by Crippen LogP contribution is 2.53. The van der Waals surface area contributed by atoms with Gasteiger partial charge in [0, 0.05) is 24.2 Å². The van der Waals surface area contributed by atoms with Gasteiger partial charge < -0.3 is 4.90 Å². The van der Waals surface area contributed by atoms with E-state index in [0.29, 0.717) is 5.65 Å². The first-order valence-corrected chi connectivity index (χ1v) is 10.5. The summed E-state index contributed by atoms with van der Waals surface area (Å²) in [5, 5.41) is 0.756. The lowest BCUT2D eigenvalue weighted by Gasteiger charge is -2.22. The monoisotopic (exact) mass is 381 g/mol. The fourth-order valence-electron chi connectivity index (χ4n) is 4.69. The highest BCUT2D eigenvalue weighted by Gasteiger charge is 2.52. The van der Waals surface area contributed by atoms with Gasteiger partial charge in [0.2, 0.25) is 5.91 Å². The number of pyridine rings is 1. The van der Waals surface area contributed by atoms with Crippen LogP contribution in [0.15, 0.2) is 53.7 Å². The van der Waals surface area contributed by atoms with Crippen LogP contribution in [0.5, 0.6) is 0 Å². The van der Waals surface area contributed by atoms with Crippen molar-refractivity contribution >= 4 is 32.7 Å². The molecule has 0 N–H and O–H groups in total. The predicted octanol–water partition coefficient (Wildman–Crippen LogP) is 3.06. The fraction of sp³-hybridized carbons (Fsp3) is 0.300. The number of hydrogen-bond donors (Lipinski definition) is 0. The van der Waals surface area contributed by atoms with Gasteiger partial charge in [-0.15, -0.1) is 0 Å². The number of hydrogen-bond acceptors (Lipinski definition) is 4. The van der Waals surface area contributed by atoms with Crippen LogP contribution >= 0.6 is 0 Å². The van der Waals surface area contributed by atoms with Crippen LogP contribution in [0, 0.1) is 0 Å². The van der Waals surface area contributed by atoms with Crippen molar-refractivity contribution in [3.05, 3.63) is 54.4 Å². The molecule has 3 heterocycles. The number of rotatable bonds is 2. The summed E-state index contributed by atoms with van der Waals surface area (Å²) in [5.74, 6) is 0.1000. The fourth-order valence-corrected chi connectivity index (χ4v) is 6.01. The van der Waals surface area contributed by atoms with E-state index in [1.165, 1.54) is 3.97 Å². The second kappa shape index (κ2) is 5.42. The maximum Gasteiger partial charge on any atom is 0.269 e. The van der Waals surface area contributed by atoms with E-state index in [1.807, 2.05) is 0 Å². The molecule has 3 aromatic rings.